The minimum Gasteiger partial charge on any atom is -0.356 e. The molecule has 1 saturated carbocycles. The lowest BCUT2D eigenvalue weighted by atomic mass is 9.78. The molecule has 0 saturated heterocycles. The molecule has 2 amide bonds. The number of hydrogen-bond donors (Lipinski definition) is 2. The van der Waals surface area contributed by atoms with Crippen molar-refractivity contribution in [1.82, 2.24) is 15.5 Å². The van der Waals surface area contributed by atoms with Crippen LogP contribution in [0, 0.1) is 29.1 Å². The highest BCUT2D eigenvalue weighted by atomic mass is 16.2. The molecule has 6 heteroatoms. The van der Waals surface area contributed by atoms with Crippen LogP contribution >= 0.6 is 0 Å². The summed E-state index contributed by atoms with van der Waals surface area (Å²) in [5, 5.41) is 6.16. The average Bonchev–Trinajstić information content (AvgIpc) is 3.15. The maximum absolute atomic E-state index is 13.1. The van der Waals surface area contributed by atoms with E-state index in [1.165, 1.54) is 0 Å². The monoisotopic (exact) mass is 465 g/mol. The van der Waals surface area contributed by atoms with E-state index >= 15 is 0 Å². The highest BCUT2D eigenvalue weighted by molar-refractivity contribution is 5.84. The zero-order valence-electron chi connectivity index (χ0n) is 22.5. The zero-order chi connectivity index (χ0) is 25.0. The van der Waals surface area contributed by atoms with Gasteiger partial charge in [0, 0.05) is 37.3 Å². The molecule has 1 fully saturated rings. The third-order valence-corrected chi connectivity index (χ3v) is 6.97. The molecule has 4 atom stereocenters. The fraction of sp³-hybridized carbons (Fsp3) is 0.889. The van der Waals surface area contributed by atoms with E-state index in [0.717, 1.165) is 45.1 Å². The molecule has 0 spiro atoms. The summed E-state index contributed by atoms with van der Waals surface area (Å²) in [5.74, 6) is 0.257. The van der Waals surface area contributed by atoms with E-state index in [1.54, 1.807) is 0 Å². The summed E-state index contributed by atoms with van der Waals surface area (Å²) in [6.07, 6.45) is 7.62. The number of nitrogens with one attached hydrogen (secondary N) is 2. The Morgan fingerprint density at radius 2 is 1.70 bits per heavy atom. The molecule has 192 valence electrons. The van der Waals surface area contributed by atoms with Crippen molar-refractivity contribution in [3.05, 3.63) is 0 Å². The van der Waals surface area contributed by atoms with Gasteiger partial charge in [0.15, 0.2) is 0 Å². The van der Waals surface area contributed by atoms with Crippen LogP contribution in [0.2, 0.25) is 0 Å². The molecular weight excluding hydrogens is 414 g/mol. The zero-order valence-corrected chi connectivity index (χ0v) is 22.5. The van der Waals surface area contributed by atoms with E-state index in [2.05, 4.69) is 43.2 Å². The number of carbonyl (C=O) groups is 3. The van der Waals surface area contributed by atoms with Crippen LogP contribution in [0.4, 0.5) is 0 Å². The molecule has 0 aliphatic heterocycles. The second kappa shape index (κ2) is 14.7. The standard InChI is InChI=1S/C27H51N3O3/c1-8-21(23-12-9-13-24(23)31)19-22(26(33)29-16-11-17-30(6)7)18-20(2)25(32)28-15-10-14-27(3,4)5/h20-23H,8-19H2,1-7H3,(H,28,32)(H,29,33). The fourth-order valence-electron chi connectivity index (χ4n) is 4.92. The first kappa shape index (κ1) is 29.6. The van der Waals surface area contributed by atoms with E-state index < -0.39 is 0 Å². The van der Waals surface area contributed by atoms with Gasteiger partial charge in [-0.15, -0.1) is 0 Å². The first-order valence-corrected chi connectivity index (χ1v) is 13.2. The number of Topliss-reactive ketones (excluding diaryl/α,β-unsaturated/α-hetero) is 1. The first-order chi connectivity index (χ1) is 15.4. The molecule has 33 heavy (non-hydrogen) atoms. The predicted molar refractivity (Wildman–Crippen MR) is 136 cm³/mol. The van der Waals surface area contributed by atoms with Gasteiger partial charge in [-0.1, -0.05) is 41.0 Å². The molecule has 1 aliphatic rings. The van der Waals surface area contributed by atoms with Crippen molar-refractivity contribution in [1.29, 1.82) is 0 Å². The van der Waals surface area contributed by atoms with E-state index in [-0.39, 0.29) is 40.9 Å². The van der Waals surface area contributed by atoms with Gasteiger partial charge < -0.3 is 15.5 Å². The molecular formula is C27H51N3O3. The average molecular weight is 466 g/mol. The highest BCUT2D eigenvalue weighted by Gasteiger charge is 2.35. The SMILES string of the molecule is CCC(CC(CC(C)C(=O)NCCCC(C)(C)C)C(=O)NCCCN(C)C)C1CCCC1=O. The largest absolute Gasteiger partial charge is 0.356 e. The van der Waals surface area contributed by atoms with Gasteiger partial charge in [-0.25, -0.2) is 0 Å². The maximum atomic E-state index is 13.1. The highest BCUT2D eigenvalue weighted by Crippen LogP contribution is 2.35. The molecule has 0 aromatic carbocycles. The van der Waals surface area contributed by atoms with Crippen molar-refractivity contribution in [2.75, 3.05) is 33.7 Å². The second-order valence-corrected chi connectivity index (χ2v) is 11.6. The third-order valence-electron chi connectivity index (χ3n) is 6.97. The molecule has 6 nitrogen and oxygen atoms in total. The number of rotatable bonds is 15. The Morgan fingerprint density at radius 3 is 2.24 bits per heavy atom. The van der Waals surface area contributed by atoms with Gasteiger partial charge >= 0.3 is 0 Å². The van der Waals surface area contributed by atoms with Gasteiger partial charge in [0.25, 0.3) is 0 Å². The number of ketones is 1. The third kappa shape index (κ3) is 12.0. The number of nitrogens with zero attached hydrogens (tertiary/aromatic N) is 1. The summed E-state index contributed by atoms with van der Waals surface area (Å²) in [7, 11) is 4.05. The second-order valence-electron chi connectivity index (χ2n) is 11.6. The topological polar surface area (TPSA) is 78.5 Å². The lowest BCUT2D eigenvalue weighted by Crippen LogP contribution is -2.38. The number of hydrogen-bond acceptors (Lipinski definition) is 4. The lowest BCUT2D eigenvalue weighted by Gasteiger charge is -2.27. The van der Waals surface area contributed by atoms with Crippen LogP contribution in [0.1, 0.15) is 92.4 Å². The van der Waals surface area contributed by atoms with Gasteiger partial charge in [-0.3, -0.25) is 14.4 Å². The van der Waals surface area contributed by atoms with Gasteiger partial charge in [-0.2, -0.15) is 0 Å². The van der Waals surface area contributed by atoms with Crippen LogP contribution in [-0.4, -0.2) is 56.2 Å². The van der Waals surface area contributed by atoms with Crippen molar-refractivity contribution in [2.45, 2.75) is 92.4 Å². The summed E-state index contributed by atoms with van der Waals surface area (Å²) in [4.78, 5) is 40.3. The molecule has 0 aromatic heterocycles. The Bertz CT molecular complexity index is 612. The van der Waals surface area contributed by atoms with Crippen molar-refractivity contribution < 1.29 is 14.4 Å². The number of carbonyl (C=O) groups excluding carboxylic acids is 3. The normalized spacial score (nSPS) is 19.4. The Kier molecular flexibility index (Phi) is 13.2. The minimum atomic E-state index is -0.238. The summed E-state index contributed by atoms with van der Waals surface area (Å²) in [6.45, 7) is 12.9. The molecule has 0 bridgehead atoms. The fourth-order valence-corrected chi connectivity index (χ4v) is 4.92. The van der Waals surface area contributed by atoms with E-state index in [9.17, 15) is 14.4 Å². The van der Waals surface area contributed by atoms with Crippen molar-refractivity contribution in [3.63, 3.8) is 0 Å². The molecule has 0 aromatic rings. The number of amides is 2. The van der Waals surface area contributed by atoms with E-state index in [1.807, 2.05) is 21.0 Å². The van der Waals surface area contributed by atoms with Crippen molar-refractivity contribution in [2.24, 2.45) is 29.1 Å². The summed E-state index contributed by atoms with van der Waals surface area (Å²) in [5.41, 5.74) is 0.263. The maximum Gasteiger partial charge on any atom is 0.223 e. The molecule has 1 rings (SSSR count). The molecule has 0 radical (unpaired) electrons. The van der Waals surface area contributed by atoms with Crippen LogP contribution in [0.3, 0.4) is 0 Å². The summed E-state index contributed by atoms with van der Waals surface area (Å²) >= 11 is 0. The van der Waals surface area contributed by atoms with Gasteiger partial charge in [0.1, 0.15) is 5.78 Å². The van der Waals surface area contributed by atoms with Crippen LogP contribution in [-0.2, 0) is 14.4 Å². The minimum absolute atomic E-state index is 0.0271. The molecule has 0 heterocycles. The van der Waals surface area contributed by atoms with Crippen molar-refractivity contribution in [3.8, 4) is 0 Å². The van der Waals surface area contributed by atoms with Gasteiger partial charge in [-0.05, 0) is 76.9 Å². The Balaban J connectivity index is 2.71. The van der Waals surface area contributed by atoms with Crippen LogP contribution < -0.4 is 10.6 Å². The Hall–Kier alpha value is -1.43. The van der Waals surface area contributed by atoms with Crippen molar-refractivity contribution >= 4 is 17.6 Å². The van der Waals surface area contributed by atoms with Crippen LogP contribution in [0.15, 0.2) is 0 Å². The quantitative estimate of drug-likeness (QED) is 0.351. The van der Waals surface area contributed by atoms with Crippen LogP contribution in [0.5, 0.6) is 0 Å². The van der Waals surface area contributed by atoms with E-state index in [4.69, 9.17) is 0 Å². The predicted octanol–water partition coefficient (Wildman–Crippen LogP) is 4.42. The Morgan fingerprint density at radius 1 is 1.06 bits per heavy atom. The molecule has 4 unspecified atom stereocenters. The first-order valence-electron chi connectivity index (χ1n) is 13.2. The van der Waals surface area contributed by atoms with Gasteiger partial charge in [0.05, 0.1) is 0 Å². The Labute approximate surface area is 203 Å². The molecule has 2 N–H and O–H groups in total. The van der Waals surface area contributed by atoms with Gasteiger partial charge in [0.2, 0.25) is 11.8 Å². The summed E-state index contributed by atoms with van der Waals surface area (Å²) in [6, 6.07) is 0. The van der Waals surface area contributed by atoms with Crippen LogP contribution in [0.25, 0.3) is 0 Å². The van der Waals surface area contributed by atoms with E-state index in [0.29, 0.717) is 38.1 Å². The summed E-state index contributed by atoms with van der Waals surface area (Å²) < 4.78 is 0. The smallest absolute Gasteiger partial charge is 0.223 e. The lowest BCUT2D eigenvalue weighted by molar-refractivity contribution is -0.130. The molecule has 1 aliphatic carbocycles.